The molecule has 0 unspecified atom stereocenters. The number of ether oxygens (including phenoxy) is 3. The highest BCUT2D eigenvalue weighted by molar-refractivity contribution is 5.81. The molecule has 2 aromatic rings. The lowest BCUT2D eigenvalue weighted by molar-refractivity contribution is -0.191. The van der Waals surface area contributed by atoms with Gasteiger partial charge in [0.05, 0.1) is 12.9 Å². The second kappa shape index (κ2) is 5.49. The van der Waals surface area contributed by atoms with Crippen LogP contribution in [0.1, 0.15) is 20.1 Å². The van der Waals surface area contributed by atoms with Crippen LogP contribution < -0.4 is 5.73 Å². The van der Waals surface area contributed by atoms with Gasteiger partial charge in [0.25, 0.3) is 0 Å². The Morgan fingerprint density at radius 3 is 2.88 bits per heavy atom. The number of nitrogens with two attached hydrogens (primary N) is 1. The Labute approximate surface area is 138 Å². The van der Waals surface area contributed by atoms with Crippen LogP contribution >= 0.6 is 0 Å². The highest BCUT2D eigenvalue weighted by atomic mass is 16.8. The van der Waals surface area contributed by atoms with Crippen molar-refractivity contribution >= 4 is 17.0 Å². The summed E-state index contributed by atoms with van der Waals surface area (Å²) >= 11 is 0. The van der Waals surface area contributed by atoms with Gasteiger partial charge >= 0.3 is 0 Å². The number of imidazole rings is 1. The van der Waals surface area contributed by atoms with E-state index in [0.29, 0.717) is 17.0 Å². The van der Waals surface area contributed by atoms with Crippen molar-refractivity contribution < 1.29 is 19.3 Å². The van der Waals surface area contributed by atoms with Crippen LogP contribution in [-0.4, -0.2) is 55.3 Å². The van der Waals surface area contributed by atoms with Crippen LogP contribution in [0.5, 0.6) is 0 Å². The van der Waals surface area contributed by atoms with Crippen LogP contribution in [0, 0.1) is 0 Å². The number of hydrogen-bond acceptors (Lipinski definition) is 8. The molecule has 4 atom stereocenters. The second-order valence-electron chi connectivity index (χ2n) is 6.25. The molecule has 9 heteroatoms. The minimum absolute atomic E-state index is 0.0655. The van der Waals surface area contributed by atoms with Gasteiger partial charge in [0.2, 0.25) is 0 Å². The zero-order valence-corrected chi connectivity index (χ0v) is 13.4. The van der Waals surface area contributed by atoms with E-state index < -0.39 is 12.0 Å². The maximum atomic E-state index is 9.03. The summed E-state index contributed by atoms with van der Waals surface area (Å²) in [6.45, 7) is 3.66. The van der Waals surface area contributed by atoms with Crippen molar-refractivity contribution in [2.45, 2.75) is 44.2 Å². The van der Waals surface area contributed by atoms with Crippen molar-refractivity contribution in [1.82, 2.24) is 19.5 Å². The van der Waals surface area contributed by atoms with Crippen molar-refractivity contribution in [3.63, 3.8) is 0 Å². The van der Waals surface area contributed by atoms with Crippen molar-refractivity contribution in [2.75, 3.05) is 12.3 Å². The van der Waals surface area contributed by atoms with Crippen molar-refractivity contribution in [1.29, 1.82) is 0 Å². The van der Waals surface area contributed by atoms with Crippen LogP contribution in [0.2, 0.25) is 0 Å². The number of hydrogen-bond donors (Lipinski definition) is 2. The maximum absolute atomic E-state index is 9.03. The van der Waals surface area contributed by atoms with Crippen LogP contribution in [0.4, 0.5) is 5.82 Å². The van der Waals surface area contributed by atoms with Crippen LogP contribution in [0.25, 0.3) is 11.2 Å². The fourth-order valence-corrected chi connectivity index (χ4v) is 3.24. The summed E-state index contributed by atoms with van der Waals surface area (Å²) in [4.78, 5) is 12.5. The first-order valence-electron chi connectivity index (χ1n) is 7.72. The van der Waals surface area contributed by atoms with Crippen molar-refractivity contribution in [3.8, 4) is 0 Å². The van der Waals surface area contributed by atoms with Gasteiger partial charge in [-0.05, 0) is 13.8 Å². The van der Waals surface area contributed by atoms with E-state index in [1.165, 1.54) is 6.33 Å². The summed E-state index contributed by atoms with van der Waals surface area (Å²) in [5, 5.41) is 9.03. The average molecular weight is 333 g/mol. The number of nitrogens with zero attached hydrogens (tertiary/aromatic N) is 4. The largest absolute Gasteiger partial charge is 0.392 e. The molecule has 4 rings (SSSR count). The van der Waals surface area contributed by atoms with E-state index in [1.807, 2.05) is 13.8 Å². The van der Waals surface area contributed by atoms with Gasteiger partial charge in [-0.2, -0.15) is 0 Å². The molecule has 9 nitrogen and oxygen atoms in total. The molecule has 0 aromatic carbocycles. The summed E-state index contributed by atoms with van der Waals surface area (Å²) < 4.78 is 19.9. The van der Waals surface area contributed by atoms with E-state index in [4.69, 9.17) is 25.1 Å². The molecule has 0 radical (unpaired) electrons. The van der Waals surface area contributed by atoms with Crippen molar-refractivity contribution in [2.24, 2.45) is 0 Å². The third-order valence-electron chi connectivity index (χ3n) is 4.16. The van der Waals surface area contributed by atoms with Crippen LogP contribution in [0.3, 0.4) is 0 Å². The molecule has 24 heavy (non-hydrogen) atoms. The zero-order chi connectivity index (χ0) is 16.9. The minimum Gasteiger partial charge on any atom is -0.392 e. The molecular formula is C15H19N5O4. The molecule has 2 aliphatic rings. The number of rotatable bonds is 3. The third kappa shape index (κ3) is 2.37. The monoisotopic (exact) mass is 333 g/mol. The lowest BCUT2D eigenvalue weighted by Crippen LogP contribution is -2.28. The van der Waals surface area contributed by atoms with E-state index in [9.17, 15) is 0 Å². The maximum Gasteiger partial charge on any atom is 0.167 e. The molecule has 0 bridgehead atoms. The summed E-state index contributed by atoms with van der Waals surface area (Å²) in [5.74, 6) is -0.401. The van der Waals surface area contributed by atoms with E-state index in [-0.39, 0.29) is 24.9 Å². The Morgan fingerprint density at radius 2 is 2.08 bits per heavy atom. The number of anilines is 1. The van der Waals surface area contributed by atoms with Gasteiger partial charge in [-0.15, -0.1) is 0 Å². The molecule has 2 fully saturated rings. The first-order chi connectivity index (χ1) is 11.5. The first-order valence-corrected chi connectivity index (χ1v) is 7.72. The van der Waals surface area contributed by atoms with E-state index in [0.717, 1.165) is 0 Å². The normalized spacial score (nSPS) is 32.0. The van der Waals surface area contributed by atoms with Crippen molar-refractivity contribution in [3.05, 3.63) is 24.8 Å². The Kier molecular flexibility index (Phi) is 3.53. The lowest BCUT2D eigenvalue weighted by Gasteiger charge is -2.24. The van der Waals surface area contributed by atoms with Gasteiger partial charge in [-0.3, -0.25) is 4.57 Å². The van der Waals surface area contributed by atoms with E-state index in [2.05, 4.69) is 15.0 Å². The number of fused-ring (bicyclic) bond motifs is 2. The van der Waals surface area contributed by atoms with E-state index in [1.54, 1.807) is 23.0 Å². The predicted molar refractivity (Wildman–Crippen MR) is 83.7 cm³/mol. The number of aromatic nitrogens is 4. The molecule has 2 aromatic heterocycles. The molecule has 3 N–H and O–H groups in total. The smallest absolute Gasteiger partial charge is 0.167 e. The van der Waals surface area contributed by atoms with Gasteiger partial charge < -0.3 is 25.1 Å². The fourth-order valence-electron chi connectivity index (χ4n) is 3.24. The Hall–Kier alpha value is -2.07. The fraction of sp³-hybridized carbons (Fsp3) is 0.533. The minimum atomic E-state index is -0.715. The first kappa shape index (κ1) is 15.5. The van der Waals surface area contributed by atoms with Crippen LogP contribution in [-0.2, 0) is 14.2 Å². The number of aliphatic hydroxyl groups is 1. The zero-order valence-electron chi connectivity index (χ0n) is 13.4. The topological polar surface area (TPSA) is 118 Å². The van der Waals surface area contributed by atoms with E-state index >= 15 is 0 Å². The Morgan fingerprint density at radius 1 is 1.29 bits per heavy atom. The number of aliphatic hydroxyl groups excluding tert-OH is 1. The summed E-state index contributed by atoms with van der Waals surface area (Å²) in [5.41, 5.74) is 6.94. The summed E-state index contributed by atoms with van der Waals surface area (Å²) in [7, 11) is 0. The summed E-state index contributed by atoms with van der Waals surface area (Å²) in [6.07, 6.45) is 4.99. The SMILES string of the molecule is CC1(C)O[C@@H]2[C@H](O1)[C@@H](C=CCO)O[C@H]2n1cnc2c(N)ncnc21. The standard InChI is InChI=1S/C15H19N5O4/c1-15(2)23-10-8(4-3-5-21)22-14(11(10)24-15)20-7-19-9-12(16)17-6-18-13(9)20/h3-4,6-8,10-11,14,21H,5H2,1-2H3,(H2,16,17,18)/t8-,10-,11-,14-/m1/s1. The van der Waals surface area contributed by atoms with Gasteiger partial charge in [-0.25, -0.2) is 15.0 Å². The van der Waals surface area contributed by atoms with Gasteiger partial charge in [0.15, 0.2) is 23.5 Å². The molecular weight excluding hydrogens is 314 g/mol. The Bertz CT molecular complexity index is 789. The van der Waals surface area contributed by atoms with Crippen LogP contribution in [0.15, 0.2) is 24.8 Å². The second-order valence-corrected chi connectivity index (χ2v) is 6.25. The molecule has 0 amide bonds. The molecule has 2 saturated heterocycles. The summed E-state index contributed by atoms with van der Waals surface area (Å²) in [6, 6.07) is 0. The molecule has 128 valence electrons. The molecule has 0 aliphatic carbocycles. The molecule has 0 saturated carbocycles. The molecule has 2 aliphatic heterocycles. The van der Waals surface area contributed by atoms with Gasteiger partial charge in [0, 0.05) is 0 Å². The third-order valence-corrected chi connectivity index (χ3v) is 4.16. The molecule has 4 heterocycles. The quantitative estimate of drug-likeness (QED) is 0.774. The predicted octanol–water partition coefficient (Wildman–Crippen LogP) is 0.374. The lowest BCUT2D eigenvalue weighted by atomic mass is 10.1. The highest BCUT2D eigenvalue weighted by Crippen LogP contribution is 2.44. The molecule has 0 spiro atoms. The Balaban J connectivity index is 1.74. The van der Waals surface area contributed by atoms with Gasteiger partial charge in [-0.1, -0.05) is 12.2 Å². The van der Waals surface area contributed by atoms with Gasteiger partial charge in [0.1, 0.15) is 30.2 Å². The highest BCUT2D eigenvalue weighted by Gasteiger charge is 2.55. The number of nitrogen functional groups attached to an aromatic ring is 1. The average Bonchev–Trinajstić information content (AvgIpc) is 3.17.